The fourth-order valence-electron chi connectivity index (χ4n) is 4.61. The fraction of sp³-hybridized carbons (Fsp3) is 0.385. The Labute approximate surface area is 210 Å². The standard InChI is InChI=1S/C24H28N2O3.C2H4O3.ClH/c1-3-14-5-6-15(4-2)20-12-16(11-19(14)20)25-13-22(28)17-7-9-21(27)24-18(17)8-10-23(29)26-24;3-1-2(4)5;/h5-10,16,22,25,27-28H,3-4,11-13H2,1-2H3,(H,26,29);3H,1H2,(H,4,5);1H. The van der Waals surface area contributed by atoms with E-state index < -0.39 is 18.7 Å². The molecule has 1 aromatic heterocycles. The number of aliphatic hydroxyl groups excluding tert-OH is 2. The number of aryl methyl sites for hydroxylation is 2. The molecule has 0 saturated carbocycles. The zero-order valence-electron chi connectivity index (χ0n) is 19.9. The number of phenolic OH excluding ortho intramolecular Hbond substituents is 1. The topological polar surface area (TPSA) is 143 Å². The largest absolute Gasteiger partial charge is 0.506 e. The highest BCUT2D eigenvalue weighted by Crippen LogP contribution is 2.31. The third kappa shape index (κ3) is 6.61. The number of aromatic amines is 1. The maximum Gasteiger partial charge on any atom is 0.329 e. The normalized spacial score (nSPS) is 13.5. The zero-order valence-corrected chi connectivity index (χ0v) is 20.7. The predicted molar refractivity (Wildman–Crippen MR) is 138 cm³/mol. The van der Waals surface area contributed by atoms with Gasteiger partial charge in [-0.2, -0.15) is 0 Å². The van der Waals surface area contributed by atoms with Crippen LogP contribution in [0.25, 0.3) is 10.9 Å². The summed E-state index contributed by atoms with van der Waals surface area (Å²) in [6.07, 6.45) is 3.33. The molecule has 0 aliphatic heterocycles. The van der Waals surface area contributed by atoms with Crippen molar-refractivity contribution in [3.63, 3.8) is 0 Å². The van der Waals surface area contributed by atoms with Crippen LogP contribution < -0.4 is 10.9 Å². The van der Waals surface area contributed by atoms with Crippen molar-refractivity contribution in [2.24, 2.45) is 0 Å². The number of aliphatic carboxylic acids is 1. The molecule has 0 saturated heterocycles. The lowest BCUT2D eigenvalue weighted by atomic mass is 9.96. The van der Waals surface area contributed by atoms with Gasteiger partial charge < -0.3 is 30.7 Å². The Morgan fingerprint density at radius 2 is 1.63 bits per heavy atom. The third-order valence-electron chi connectivity index (χ3n) is 6.29. The van der Waals surface area contributed by atoms with Gasteiger partial charge in [-0.15, -0.1) is 12.4 Å². The van der Waals surface area contributed by atoms with Gasteiger partial charge in [0.25, 0.3) is 0 Å². The lowest BCUT2D eigenvalue weighted by molar-refractivity contribution is -0.140. The number of hydrogen-bond donors (Lipinski definition) is 6. The maximum atomic E-state index is 11.6. The number of fused-ring (bicyclic) bond motifs is 2. The molecule has 1 unspecified atom stereocenters. The summed E-state index contributed by atoms with van der Waals surface area (Å²) >= 11 is 0. The smallest absolute Gasteiger partial charge is 0.329 e. The Bertz CT molecular complexity index is 1190. The van der Waals surface area contributed by atoms with E-state index in [0.717, 1.165) is 25.7 Å². The summed E-state index contributed by atoms with van der Waals surface area (Å²) in [5.74, 6) is -1.18. The van der Waals surface area contributed by atoms with E-state index in [1.54, 1.807) is 12.1 Å². The quantitative estimate of drug-likeness (QED) is 0.290. The molecule has 1 atom stereocenters. The first-order valence-corrected chi connectivity index (χ1v) is 11.5. The number of aromatic nitrogens is 1. The number of carboxylic acids is 1. The van der Waals surface area contributed by atoms with Crippen LogP contribution in [-0.2, 0) is 30.5 Å². The molecule has 0 bridgehead atoms. The van der Waals surface area contributed by atoms with Crippen molar-refractivity contribution in [1.82, 2.24) is 10.3 Å². The van der Waals surface area contributed by atoms with Gasteiger partial charge in [0.2, 0.25) is 5.56 Å². The van der Waals surface area contributed by atoms with Crippen LogP contribution in [-0.4, -0.2) is 50.6 Å². The molecule has 0 fully saturated rings. The van der Waals surface area contributed by atoms with Crippen LogP contribution >= 0.6 is 12.4 Å². The van der Waals surface area contributed by atoms with Crippen molar-refractivity contribution >= 4 is 29.3 Å². The maximum absolute atomic E-state index is 11.6. The molecule has 3 aromatic rings. The molecule has 190 valence electrons. The first kappa shape index (κ1) is 28.3. The Morgan fingerprint density at radius 3 is 2.14 bits per heavy atom. The molecule has 9 heteroatoms. The van der Waals surface area contributed by atoms with E-state index in [9.17, 15) is 15.0 Å². The lowest BCUT2D eigenvalue weighted by Crippen LogP contribution is -2.33. The Balaban J connectivity index is 0.000000656. The van der Waals surface area contributed by atoms with Gasteiger partial charge in [-0.25, -0.2) is 4.79 Å². The predicted octanol–water partition coefficient (Wildman–Crippen LogP) is 2.63. The second-order valence-electron chi connectivity index (χ2n) is 8.41. The minimum Gasteiger partial charge on any atom is -0.506 e. The Hall–Kier alpha value is -2.91. The van der Waals surface area contributed by atoms with Gasteiger partial charge in [-0.05, 0) is 65.6 Å². The molecule has 2 aromatic carbocycles. The number of H-pyrrole nitrogens is 1. The van der Waals surface area contributed by atoms with Crippen molar-refractivity contribution in [2.45, 2.75) is 51.7 Å². The number of phenols is 1. The van der Waals surface area contributed by atoms with Crippen LogP contribution in [0.2, 0.25) is 0 Å². The minimum atomic E-state index is -1.19. The highest BCUT2D eigenvalue weighted by Gasteiger charge is 2.26. The van der Waals surface area contributed by atoms with Gasteiger partial charge in [0, 0.05) is 24.0 Å². The first-order chi connectivity index (χ1) is 16.3. The second-order valence-corrected chi connectivity index (χ2v) is 8.41. The van der Waals surface area contributed by atoms with Crippen LogP contribution in [0.1, 0.15) is 47.8 Å². The molecular weight excluding hydrogens is 472 g/mol. The number of nitrogens with one attached hydrogen (secondary N) is 2. The van der Waals surface area contributed by atoms with Gasteiger partial charge >= 0.3 is 5.97 Å². The van der Waals surface area contributed by atoms with Crippen LogP contribution in [0.15, 0.2) is 41.2 Å². The summed E-state index contributed by atoms with van der Waals surface area (Å²) in [6, 6.07) is 11.1. The van der Waals surface area contributed by atoms with Crippen molar-refractivity contribution in [2.75, 3.05) is 13.2 Å². The fourth-order valence-corrected chi connectivity index (χ4v) is 4.61. The number of halogens is 1. The number of aliphatic hydroxyl groups is 2. The summed E-state index contributed by atoms with van der Waals surface area (Å²) < 4.78 is 0. The highest BCUT2D eigenvalue weighted by atomic mass is 35.5. The molecule has 0 amide bonds. The van der Waals surface area contributed by atoms with Crippen LogP contribution in [0.3, 0.4) is 0 Å². The molecule has 1 aliphatic carbocycles. The highest BCUT2D eigenvalue weighted by molar-refractivity contribution is 5.87. The summed E-state index contributed by atoms with van der Waals surface area (Å²) in [6.45, 7) is 4.04. The number of carbonyl (C=O) groups is 1. The van der Waals surface area contributed by atoms with E-state index in [1.807, 2.05) is 0 Å². The number of carboxylic acid groups (broad SMARTS) is 1. The van der Waals surface area contributed by atoms with Crippen molar-refractivity contribution in [3.05, 3.63) is 74.6 Å². The van der Waals surface area contributed by atoms with E-state index in [0.29, 0.717) is 29.1 Å². The van der Waals surface area contributed by atoms with Crippen molar-refractivity contribution in [3.8, 4) is 5.75 Å². The average molecular weight is 505 g/mol. The lowest BCUT2D eigenvalue weighted by Gasteiger charge is -2.18. The minimum absolute atomic E-state index is 0. The number of pyridine rings is 1. The molecule has 0 spiro atoms. The summed E-state index contributed by atoms with van der Waals surface area (Å²) in [5, 5.41) is 40.1. The monoisotopic (exact) mass is 504 g/mol. The molecular formula is C26H33ClN2O6. The van der Waals surface area contributed by atoms with E-state index in [4.69, 9.17) is 15.0 Å². The zero-order chi connectivity index (χ0) is 24.8. The van der Waals surface area contributed by atoms with Gasteiger partial charge in [0.15, 0.2) is 0 Å². The molecule has 0 radical (unpaired) electrons. The van der Waals surface area contributed by atoms with E-state index in [1.165, 1.54) is 34.4 Å². The molecule has 8 nitrogen and oxygen atoms in total. The third-order valence-corrected chi connectivity index (χ3v) is 6.29. The molecule has 4 rings (SSSR count). The second kappa shape index (κ2) is 12.7. The molecule has 6 N–H and O–H groups in total. The summed E-state index contributed by atoms with van der Waals surface area (Å²) in [7, 11) is 0. The van der Waals surface area contributed by atoms with Gasteiger partial charge in [0.1, 0.15) is 12.4 Å². The first-order valence-electron chi connectivity index (χ1n) is 11.5. The van der Waals surface area contributed by atoms with Gasteiger partial charge in [0.05, 0.1) is 11.6 Å². The van der Waals surface area contributed by atoms with E-state index >= 15 is 0 Å². The Kier molecular flexibility index (Phi) is 10.3. The van der Waals surface area contributed by atoms with Crippen LogP contribution in [0.4, 0.5) is 0 Å². The number of aromatic hydroxyl groups is 1. The van der Waals surface area contributed by atoms with Crippen molar-refractivity contribution < 1.29 is 25.2 Å². The van der Waals surface area contributed by atoms with Crippen LogP contribution in [0.5, 0.6) is 5.75 Å². The number of hydrogen-bond acceptors (Lipinski definition) is 6. The Morgan fingerprint density at radius 1 is 1.06 bits per heavy atom. The van der Waals surface area contributed by atoms with Gasteiger partial charge in [-0.1, -0.05) is 32.0 Å². The number of benzene rings is 2. The SMILES string of the molecule is CCc1ccc(CC)c2c1CC(NCC(O)c1ccc(O)c3[nH]c(=O)ccc13)C2.Cl.O=C(O)CO. The van der Waals surface area contributed by atoms with E-state index in [-0.39, 0.29) is 23.7 Å². The summed E-state index contributed by atoms with van der Waals surface area (Å²) in [4.78, 5) is 23.4. The average Bonchev–Trinajstić information content (AvgIpc) is 3.27. The molecule has 1 aliphatic rings. The van der Waals surface area contributed by atoms with Crippen LogP contribution in [0, 0.1) is 0 Å². The molecule has 35 heavy (non-hydrogen) atoms. The van der Waals surface area contributed by atoms with Crippen molar-refractivity contribution in [1.29, 1.82) is 0 Å². The molecule has 1 heterocycles. The summed E-state index contributed by atoms with van der Waals surface area (Å²) in [5.41, 5.74) is 6.59. The number of rotatable bonds is 7. The van der Waals surface area contributed by atoms with E-state index in [2.05, 4.69) is 36.3 Å². The van der Waals surface area contributed by atoms with Gasteiger partial charge in [-0.3, -0.25) is 4.79 Å².